The number of nitrogens with one attached hydrogen (secondary N) is 2. The van der Waals surface area contributed by atoms with Crippen LogP contribution in [0.25, 0.3) is 0 Å². The van der Waals surface area contributed by atoms with Crippen molar-refractivity contribution in [1.29, 1.82) is 0 Å². The second kappa shape index (κ2) is 5.71. The molecule has 0 bridgehead atoms. The lowest BCUT2D eigenvalue weighted by molar-refractivity contribution is 0.356. The first-order chi connectivity index (χ1) is 9.65. The minimum atomic E-state index is -3.40. The van der Waals surface area contributed by atoms with Crippen LogP contribution in [0.1, 0.15) is 24.8 Å². The van der Waals surface area contributed by atoms with E-state index in [9.17, 15) is 8.42 Å². The third-order valence-electron chi connectivity index (χ3n) is 3.63. The predicted octanol–water partition coefficient (Wildman–Crippen LogP) is 1.04. The highest BCUT2D eigenvalue weighted by atomic mass is 32.2. The smallest absolute Gasteiger partial charge is 0.240 e. The van der Waals surface area contributed by atoms with Crippen molar-refractivity contribution in [2.24, 2.45) is 0 Å². The van der Waals surface area contributed by atoms with Gasteiger partial charge in [0.1, 0.15) is 5.75 Å². The summed E-state index contributed by atoms with van der Waals surface area (Å²) in [5.74, 6) is 0.803. The molecule has 0 atom stereocenters. The summed E-state index contributed by atoms with van der Waals surface area (Å²) in [7, 11) is -3.40. The van der Waals surface area contributed by atoms with E-state index >= 15 is 0 Å². The van der Waals surface area contributed by atoms with E-state index in [1.54, 1.807) is 18.2 Å². The molecule has 3 rings (SSSR count). The summed E-state index contributed by atoms with van der Waals surface area (Å²) >= 11 is 0. The minimum absolute atomic E-state index is 0.330. The molecule has 1 heterocycles. The van der Waals surface area contributed by atoms with Gasteiger partial charge in [0.15, 0.2) is 0 Å². The summed E-state index contributed by atoms with van der Waals surface area (Å²) < 4.78 is 32.4. The summed E-state index contributed by atoms with van der Waals surface area (Å²) in [6.45, 7) is 1.97. The number of benzene rings is 1. The molecule has 6 heteroatoms. The molecule has 2 aliphatic rings. The summed E-state index contributed by atoms with van der Waals surface area (Å²) in [6.07, 6.45) is 4.10. The van der Waals surface area contributed by atoms with Gasteiger partial charge in [-0.1, -0.05) is 0 Å². The fourth-order valence-electron chi connectivity index (χ4n) is 2.30. The van der Waals surface area contributed by atoms with Crippen molar-refractivity contribution in [3.8, 4) is 5.75 Å². The Morgan fingerprint density at radius 2 is 2.10 bits per heavy atom. The van der Waals surface area contributed by atoms with Crippen molar-refractivity contribution >= 4 is 10.0 Å². The highest BCUT2D eigenvalue weighted by molar-refractivity contribution is 7.89. The molecule has 20 heavy (non-hydrogen) atoms. The number of hydrogen-bond acceptors (Lipinski definition) is 4. The molecular weight excluding hydrogens is 276 g/mol. The topological polar surface area (TPSA) is 67.4 Å². The van der Waals surface area contributed by atoms with Crippen molar-refractivity contribution in [3.05, 3.63) is 23.8 Å². The Kier molecular flexibility index (Phi) is 3.96. The number of sulfonamides is 1. The molecule has 1 saturated carbocycles. The van der Waals surface area contributed by atoms with Crippen LogP contribution in [0, 0.1) is 0 Å². The van der Waals surface area contributed by atoms with E-state index in [1.165, 1.54) is 12.8 Å². The molecule has 110 valence electrons. The van der Waals surface area contributed by atoms with Gasteiger partial charge >= 0.3 is 0 Å². The maximum atomic E-state index is 12.2. The third kappa shape index (κ3) is 3.31. The number of rotatable bonds is 7. The average Bonchev–Trinajstić information content (AvgIpc) is 3.13. The highest BCUT2D eigenvalue weighted by Gasteiger charge is 2.20. The zero-order valence-corrected chi connectivity index (χ0v) is 12.2. The Morgan fingerprint density at radius 1 is 1.25 bits per heavy atom. The van der Waals surface area contributed by atoms with E-state index in [0.29, 0.717) is 24.1 Å². The molecule has 0 amide bonds. The molecule has 0 spiro atoms. The van der Waals surface area contributed by atoms with E-state index in [1.807, 2.05) is 0 Å². The van der Waals surface area contributed by atoms with Crippen molar-refractivity contribution < 1.29 is 13.2 Å². The van der Waals surface area contributed by atoms with Crippen LogP contribution in [0.3, 0.4) is 0 Å². The first-order valence-corrected chi connectivity index (χ1v) is 8.62. The molecule has 0 radical (unpaired) electrons. The fraction of sp³-hybridized carbons (Fsp3) is 0.571. The lowest BCUT2D eigenvalue weighted by Crippen LogP contribution is -2.28. The number of ether oxygens (including phenoxy) is 1. The van der Waals surface area contributed by atoms with Gasteiger partial charge in [-0.25, -0.2) is 13.1 Å². The van der Waals surface area contributed by atoms with E-state index in [2.05, 4.69) is 10.0 Å². The van der Waals surface area contributed by atoms with Gasteiger partial charge in [-0.3, -0.25) is 0 Å². The summed E-state index contributed by atoms with van der Waals surface area (Å²) in [4.78, 5) is 0.330. The largest absolute Gasteiger partial charge is 0.493 e. The second-order valence-electron chi connectivity index (χ2n) is 5.35. The Hall–Kier alpha value is -1.11. The molecule has 1 aliphatic heterocycles. The van der Waals surface area contributed by atoms with Gasteiger partial charge in [-0.05, 0) is 49.6 Å². The van der Waals surface area contributed by atoms with Gasteiger partial charge in [-0.2, -0.15) is 0 Å². The monoisotopic (exact) mass is 296 g/mol. The van der Waals surface area contributed by atoms with E-state index in [-0.39, 0.29) is 0 Å². The lowest BCUT2D eigenvalue weighted by atomic mass is 10.2. The third-order valence-corrected chi connectivity index (χ3v) is 5.09. The van der Waals surface area contributed by atoms with Crippen LogP contribution in [0.15, 0.2) is 23.1 Å². The van der Waals surface area contributed by atoms with Gasteiger partial charge in [0.05, 0.1) is 11.5 Å². The van der Waals surface area contributed by atoms with Crippen LogP contribution in [0.5, 0.6) is 5.75 Å². The maximum absolute atomic E-state index is 12.2. The first kappa shape index (κ1) is 13.9. The number of fused-ring (bicyclic) bond motifs is 1. The molecule has 1 aromatic rings. The van der Waals surface area contributed by atoms with Crippen LogP contribution in [0.4, 0.5) is 0 Å². The Labute approximate surface area is 119 Å². The van der Waals surface area contributed by atoms with E-state index < -0.39 is 10.0 Å². The van der Waals surface area contributed by atoms with Crippen LogP contribution in [0.2, 0.25) is 0 Å². The van der Waals surface area contributed by atoms with Gasteiger partial charge in [-0.15, -0.1) is 0 Å². The maximum Gasteiger partial charge on any atom is 0.240 e. The first-order valence-electron chi connectivity index (χ1n) is 7.14. The average molecular weight is 296 g/mol. The van der Waals surface area contributed by atoms with Gasteiger partial charge in [0.2, 0.25) is 10.0 Å². The quantitative estimate of drug-likeness (QED) is 0.738. The number of hydrogen-bond donors (Lipinski definition) is 2. The van der Waals surface area contributed by atoms with Crippen molar-refractivity contribution in [2.75, 3.05) is 19.7 Å². The minimum Gasteiger partial charge on any atom is -0.493 e. The molecule has 0 aromatic heterocycles. The van der Waals surface area contributed by atoms with Crippen molar-refractivity contribution in [3.63, 3.8) is 0 Å². The zero-order valence-electron chi connectivity index (χ0n) is 11.4. The standard InChI is InChI=1S/C14H20N2O3S/c17-20(18,16-8-1-7-15-12-2-3-12)13-4-5-14-11(10-13)6-9-19-14/h4-5,10,12,15-16H,1-3,6-9H2. The van der Waals surface area contributed by atoms with Crippen molar-refractivity contribution in [1.82, 2.24) is 10.0 Å². The molecule has 1 aromatic carbocycles. The Morgan fingerprint density at radius 3 is 2.90 bits per heavy atom. The van der Waals surface area contributed by atoms with Crippen LogP contribution in [-0.4, -0.2) is 34.2 Å². The van der Waals surface area contributed by atoms with E-state index in [0.717, 1.165) is 30.7 Å². The van der Waals surface area contributed by atoms with E-state index in [4.69, 9.17) is 4.74 Å². The normalized spacial score (nSPS) is 17.8. The molecule has 1 aliphatic carbocycles. The predicted molar refractivity (Wildman–Crippen MR) is 76.5 cm³/mol. The highest BCUT2D eigenvalue weighted by Crippen LogP contribution is 2.27. The summed E-state index contributed by atoms with van der Waals surface area (Å²) in [5.41, 5.74) is 0.975. The SMILES string of the molecule is O=S(=O)(NCCCNC1CC1)c1ccc2c(c1)CCO2. The zero-order chi connectivity index (χ0) is 14.0. The Balaban J connectivity index is 1.53. The summed E-state index contributed by atoms with van der Waals surface area (Å²) in [6, 6.07) is 5.73. The van der Waals surface area contributed by atoms with Crippen LogP contribution < -0.4 is 14.8 Å². The molecule has 0 saturated heterocycles. The van der Waals surface area contributed by atoms with Crippen LogP contribution in [-0.2, 0) is 16.4 Å². The van der Waals surface area contributed by atoms with Gasteiger partial charge in [0, 0.05) is 19.0 Å². The van der Waals surface area contributed by atoms with Crippen molar-refractivity contribution in [2.45, 2.75) is 36.6 Å². The second-order valence-corrected chi connectivity index (χ2v) is 7.11. The summed E-state index contributed by atoms with van der Waals surface area (Å²) in [5, 5.41) is 3.37. The molecule has 5 nitrogen and oxygen atoms in total. The van der Waals surface area contributed by atoms with Gasteiger partial charge < -0.3 is 10.1 Å². The molecule has 1 fully saturated rings. The molecular formula is C14H20N2O3S. The fourth-order valence-corrected chi connectivity index (χ4v) is 3.43. The van der Waals surface area contributed by atoms with Gasteiger partial charge in [0.25, 0.3) is 0 Å². The van der Waals surface area contributed by atoms with Crippen LogP contribution >= 0.6 is 0 Å². The molecule has 2 N–H and O–H groups in total. The lowest BCUT2D eigenvalue weighted by Gasteiger charge is -2.08. The molecule has 0 unspecified atom stereocenters. The Bertz CT molecular complexity index is 582.